The molecular weight excluding hydrogens is 280 g/mol. The summed E-state index contributed by atoms with van der Waals surface area (Å²) in [5.41, 5.74) is 7.30. The highest BCUT2D eigenvalue weighted by molar-refractivity contribution is 6.03. The van der Waals surface area contributed by atoms with Gasteiger partial charge in [-0.2, -0.15) is 4.98 Å². The number of aryl methyl sites for hydroxylation is 1. The lowest BCUT2D eigenvalue weighted by Crippen LogP contribution is -2.50. The fourth-order valence-corrected chi connectivity index (χ4v) is 3.24. The molecule has 1 aliphatic carbocycles. The van der Waals surface area contributed by atoms with E-state index in [0.29, 0.717) is 17.7 Å². The number of hydrogen-bond acceptors (Lipinski definition) is 6. The average molecular weight is 304 g/mol. The molecule has 22 heavy (non-hydrogen) atoms. The maximum Gasteiger partial charge on any atom is 0.247 e. The van der Waals surface area contributed by atoms with Gasteiger partial charge in [-0.1, -0.05) is 13.8 Å². The Hall–Kier alpha value is -1.89. The van der Waals surface area contributed by atoms with Crippen LogP contribution in [0.15, 0.2) is 0 Å². The predicted molar refractivity (Wildman–Crippen MR) is 87.0 cm³/mol. The minimum absolute atomic E-state index is 0.00220. The summed E-state index contributed by atoms with van der Waals surface area (Å²) in [5, 5.41) is 6.29. The third-order valence-corrected chi connectivity index (χ3v) is 4.48. The number of hydrogen-bond donors (Lipinski definition) is 3. The van der Waals surface area contributed by atoms with Crippen LogP contribution in [0.1, 0.15) is 32.4 Å². The molecule has 7 nitrogen and oxygen atoms in total. The fraction of sp³-hybridized carbons (Fsp3) is 0.667. The quantitative estimate of drug-likeness (QED) is 0.774. The Balaban J connectivity index is 1.90. The van der Waals surface area contributed by atoms with Crippen LogP contribution in [0.3, 0.4) is 0 Å². The van der Waals surface area contributed by atoms with Gasteiger partial charge in [0, 0.05) is 19.1 Å². The molecule has 7 heteroatoms. The van der Waals surface area contributed by atoms with Crippen molar-refractivity contribution in [2.45, 2.75) is 51.7 Å². The summed E-state index contributed by atoms with van der Waals surface area (Å²) in [6.45, 7) is 5.96. The van der Waals surface area contributed by atoms with E-state index in [0.717, 1.165) is 24.4 Å². The van der Waals surface area contributed by atoms with Gasteiger partial charge in [0.25, 0.3) is 0 Å². The van der Waals surface area contributed by atoms with E-state index >= 15 is 0 Å². The normalized spacial score (nSPS) is 27.3. The largest absolute Gasteiger partial charge is 0.351 e. The molecule has 120 valence electrons. The van der Waals surface area contributed by atoms with Crippen LogP contribution < -0.4 is 21.3 Å². The topological polar surface area (TPSA) is 96.2 Å². The molecule has 0 spiro atoms. The molecule has 4 N–H and O–H groups in total. The Morgan fingerprint density at radius 2 is 2.05 bits per heavy atom. The molecule has 0 aromatic carbocycles. The monoisotopic (exact) mass is 304 g/mol. The van der Waals surface area contributed by atoms with Crippen LogP contribution in [0, 0.1) is 12.8 Å². The number of aromatic nitrogens is 2. The summed E-state index contributed by atoms with van der Waals surface area (Å²) < 4.78 is 0. The summed E-state index contributed by atoms with van der Waals surface area (Å²) in [5.74, 6) is 1.59. The van der Waals surface area contributed by atoms with Crippen molar-refractivity contribution in [1.82, 2.24) is 9.97 Å². The van der Waals surface area contributed by atoms with E-state index in [9.17, 15) is 4.79 Å². The lowest BCUT2D eigenvalue weighted by atomic mass is 9.88. The molecule has 3 rings (SSSR count). The van der Waals surface area contributed by atoms with Crippen LogP contribution >= 0.6 is 0 Å². The van der Waals surface area contributed by atoms with Gasteiger partial charge in [0.1, 0.15) is 11.7 Å². The molecule has 1 amide bonds. The fourth-order valence-electron chi connectivity index (χ4n) is 3.24. The minimum atomic E-state index is -0.216. The number of anilines is 3. The number of nitrogens with two attached hydrogens (primary N) is 1. The van der Waals surface area contributed by atoms with Gasteiger partial charge in [0.05, 0.1) is 5.69 Å². The predicted octanol–water partition coefficient (Wildman–Crippen LogP) is 1.10. The summed E-state index contributed by atoms with van der Waals surface area (Å²) in [4.78, 5) is 23.3. The van der Waals surface area contributed by atoms with E-state index in [1.807, 2.05) is 32.7 Å². The van der Waals surface area contributed by atoms with Gasteiger partial charge in [0.2, 0.25) is 11.9 Å². The number of rotatable bonds is 3. The van der Waals surface area contributed by atoms with Gasteiger partial charge in [-0.05, 0) is 25.7 Å². The maximum atomic E-state index is 12.3. The van der Waals surface area contributed by atoms with Gasteiger partial charge in [-0.3, -0.25) is 4.79 Å². The van der Waals surface area contributed by atoms with Crippen molar-refractivity contribution in [2.24, 2.45) is 11.7 Å². The van der Waals surface area contributed by atoms with Crippen LogP contribution in [0.25, 0.3) is 0 Å². The van der Waals surface area contributed by atoms with Gasteiger partial charge in [0.15, 0.2) is 5.82 Å². The number of fused-ring (bicyclic) bond motifs is 1. The van der Waals surface area contributed by atoms with E-state index in [-0.39, 0.29) is 23.9 Å². The third-order valence-electron chi connectivity index (χ3n) is 4.48. The number of amides is 1. The Kier molecular flexibility index (Phi) is 3.68. The minimum Gasteiger partial charge on any atom is -0.351 e. The zero-order valence-electron chi connectivity index (χ0n) is 13.6. The zero-order chi connectivity index (χ0) is 16.0. The third kappa shape index (κ3) is 2.49. The van der Waals surface area contributed by atoms with Crippen molar-refractivity contribution in [1.29, 1.82) is 0 Å². The number of nitrogens with zero attached hydrogens (tertiary/aromatic N) is 3. The number of carbonyl (C=O) groups is 1. The molecule has 2 aliphatic rings. The Bertz CT molecular complexity index is 596. The lowest BCUT2D eigenvalue weighted by molar-refractivity contribution is -0.118. The van der Waals surface area contributed by atoms with Crippen molar-refractivity contribution in [3.05, 3.63) is 5.69 Å². The van der Waals surface area contributed by atoms with E-state index in [1.165, 1.54) is 0 Å². The molecule has 1 unspecified atom stereocenters. The van der Waals surface area contributed by atoms with E-state index in [4.69, 9.17) is 5.73 Å². The highest BCUT2D eigenvalue weighted by Crippen LogP contribution is 2.34. The van der Waals surface area contributed by atoms with Crippen molar-refractivity contribution >= 4 is 23.4 Å². The molecule has 2 heterocycles. The van der Waals surface area contributed by atoms with E-state index in [2.05, 4.69) is 20.6 Å². The first-order valence-electron chi connectivity index (χ1n) is 7.81. The Labute approximate surface area is 130 Å². The highest BCUT2D eigenvalue weighted by atomic mass is 16.2. The van der Waals surface area contributed by atoms with Crippen LogP contribution in [0.5, 0.6) is 0 Å². The second-order valence-electron chi connectivity index (χ2n) is 6.69. The standard InChI is InChI=1S/C15H24N6O/c1-7(2)12-14(22)19-11-8(3)17-15(20-13(11)21(12)4)18-10-5-9(16)6-10/h7,9-10,12H,5-6,16H2,1-4H3,(H,19,22)(H,17,18,20). The molecule has 1 saturated carbocycles. The summed E-state index contributed by atoms with van der Waals surface area (Å²) in [7, 11) is 1.91. The van der Waals surface area contributed by atoms with Gasteiger partial charge in [-0.15, -0.1) is 0 Å². The molecule has 0 saturated heterocycles. The maximum absolute atomic E-state index is 12.3. The second kappa shape index (κ2) is 5.39. The molecule has 0 bridgehead atoms. The summed E-state index contributed by atoms with van der Waals surface area (Å²) in [6.07, 6.45) is 1.89. The van der Waals surface area contributed by atoms with Crippen molar-refractivity contribution in [3.8, 4) is 0 Å². The summed E-state index contributed by atoms with van der Waals surface area (Å²) >= 11 is 0. The first kappa shape index (κ1) is 15.0. The number of likely N-dealkylation sites (N-methyl/N-ethyl adjacent to an activating group) is 1. The van der Waals surface area contributed by atoms with Gasteiger partial charge < -0.3 is 21.3 Å². The average Bonchev–Trinajstić information content (AvgIpc) is 2.38. The molecular formula is C15H24N6O. The SMILES string of the molecule is Cc1nc(NC2CC(N)C2)nc2c1NC(=O)C(C(C)C)N2C. The molecule has 1 aromatic heterocycles. The number of nitrogens with one attached hydrogen (secondary N) is 2. The first-order chi connectivity index (χ1) is 10.4. The van der Waals surface area contributed by atoms with Crippen molar-refractivity contribution < 1.29 is 4.79 Å². The second-order valence-corrected chi connectivity index (χ2v) is 6.69. The van der Waals surface area contributed by atoms with E-state index in [1.54, 1.807) is 0 Å². The first-order valence-corrected chi connectivity index (χ1v) is 7.81. The number of carbonyl (C=O) groups excluding carboxylic acids is 1. The van der Waals surface area contributed by atoms with Crippen molar-refractivity contribution in [2.75, 3.05) is 22.6 Å². The van der Waals surface area contributed by atoms with Gasteiger partial charge >= 0.3 is 0 Å². The molecule has 1 aromatic rings. The van der Waals surface area contributed by atoms with Crippen LogP contribution in [0.4, 0.5) is 17.5 Å². The molecule has 0 radical (unpaired) electrons. The van der Waals surface area contributed by atoms with Crippen LogP contribution in [-0.2, 0) is 4.79 Å². The van der Waals surface area contributed by atoms with Crippen LogP contribution in [-0.4, -0.2) is 41.0 Å². The molecule has 1 aliphatic heterocycles. The van der Waals surface area contributed by atoms with Crippen molar-refractivity contribution in [3.63, 3.8) is 0 Å². The smallest absolute Gasteiger partial charge is 0.247 e. The zero-order valence-corrected chi connectivity index (χ0v) is 13.6. The summed E-state index contributed by atoms with van der Waals surface area (Å²) in [6, 6.07) is 0.409. The molecule has 1 fully saturated rings. The highest BCUT2D eigenvalue weighted by Gasteiger charge is 2.35. The van der Waals surface area contributed by atoms with Gasteiger partial charge in [-0.25, -0.2) is 4.98 Å². The Morgan fingerprint density at radius 3 is 2.64 bits per heavy atom. The lowest BCUT2D eigenvalue weighted by Gasteiger charge is -2.37. The van der Waals surface area contributed by atoms with Crippen LogP contribution in [0.2, 0.25) is 0 Å². The Morgan fingerprint density at radius 1 is 1.36 bits per heavy atom. The van der Waals surface area contributed by atoms with E-state index < -0.39 is 0 Å². The molecule has 1 atom stereocenters.